The number of rotatable bonds is 2. The lowest BCUT2D eigenvalue weighted by atomic mass is 10.2. The Bertz CT molecular complexity index is 268. The second kappa shape index (κ2) is 2.89. The number of ether oxygens (including phenoxy) is 1. The van der Waals surface area contributed by atoms with E-state index in [4.69, 9.17) is 9.15 Å². The van der Waals surface area contributed by atoms with Gasteiger partial charge in [-0.15, -0.1) is 0 Å². The summed E-state index contributed by atoms with van der Waals surface area (Å²) in [5.74, 6) is 0.866. The van der Waals surface area contributed by atoms with E-state index >= 15 is 0 Å². The Hall–Kier alpha value is -1.45. The predicted molar refractivity (Wildman–Crippen MR) is 40.7 cm³/mol. The molecule has 0 spiro atoms. The molecule has 2 rings (SSSR count). The van der Waals surface area contributed by atoms with E-state index in [1.807, 2.05) is 12.1 Å². The number of cyclic esters (lactones) is 1. The fourth-order valence-corrected chi connectivity index (χ4v) is 1.21. The van der Waals surface area contributed by atoms with Crippen LogP contribution in [0.5, 0.6) is 0 Å². The van der Waals surface area contributed by atoms with Gasteiger partial charge in [-0.1, -0.05) is 0 Å². The molecule has 4 nitrogen and oxygen atoms in total. The standard InChI is InChI=1S/C8H9NO3/c10-8-9-6(5-12-8)4-7-2-1-3-11-7/h1-3,6H,4-5H2,(H,9,10). The van der Waals surface area contributed by atoms with Crippen LogP contribution in [0.2, 0.25) is 0 Å². The van der Waals surface area contributed by atoms with Crippen LogP contribution in [0.15, 0.2) is 22.8 Å². The second-order valence-corrected chi connectivity index (χ2v) is 2.72. The van der Waals surface area contributed by atoms with Crippen LogP contribution in [0.25, 0.3) is 0 Å². The Morgan fingerprint density at radius 2 is 2.58 bits per heavy atom. The monoisotopic (exact) mass is 167 g/mol. The maximum absolute atomic E-state index is 10.6. The minimum atomic E-state index is -0.341. The van der Waals surface area contributed by atoms with Gasteiger partial charge < -0.3 is 14.5 Å². The fraction of sp³-hybridized carbons (Fsp3) is 0.375. The van der Waals surface area contributed by atoms with E-state index in [-0.39, 0.29) is 12.1 Å². The summed E-state index contributed by atoms with van der Waals surface area (Å²) in [6.07, 6.45) is 1.97. The molecule has 1 atom stereocenters. The predicted octanol–water partition coefficient (Wildman–Crippen LogP) is 0.931. The number of carbonyl (C=O) groups excluding carboxylic acids is 1. The van der Waals surface area contributed by atoms with E-state index in [0.717, 1.165) is 5.76 Å². The van der Waals surface area contributed by atoms with E-state index in [1.54, 1.807) is 6.26 Å². The lowest BCUT2D eigenvalue weighted by Crippen LogP contribution is -2.27. The zero-order valence-electron chi connectivity index (χ0n) is 6.45. The second-order valence-electron chi connectivity index (χ2n) is 2.72. The zero-order chi connectivity index (χ0) is 8.39. The topological polar surface area (TPSA) is 51.5 Å². The number of furan rings is 1. The van der Waals surface area contributed by atoms with E-state index in [9.17, 15) is 4.79 Å². The summed E-state index contributed by atoms with van der Waals surface area (Å²) in [5, 5.41) is 2.67. The first-order valence-electron chi connectivity index (χ1n) is 3.80. The van der Waals surface area contributed by atoms with Gasteiger partial charge in [0.1, 0.15) is 12.4 Å². The maximum Gasteiger partial charge on any atom is 0.407 e. The van der Waals surface area contributed by atoms with Gasteiger partial charge >= 0.3 is 6.09 Å². The van der Waals surface area contributed by atoms with Crippen molar-refractivity contribution >= 4 is 6.09 Å². The van der Waals surface area contributed by atoms with Crippen LogP contribution < -0.4 is 5.32 Å². The summed E-state index contributed by atoms with van der Waals surface area (Å²) >= 11 is 0. The molecule has 2 heterocycles. The molecular weight excluding hydrogens is 158 g/mol. The van der Waals surface area contributed by atoms with Crippen LogP contribution in [0.1, 0.15) is 5.76 Å². The highest BCUT2D eigenvalue weighted by atomic mass is 16.6. The molecule has 1 unspecified atom stereocenters. The first kappa shape index (κ1) is 7.21. The van der Waals surface area contributed by atoms with Crippen LogP contribution >= 0.6 is 0 Å². The van der Waals surface area contributed by atoms with E-state index in [0.29, 0.717) is 13.0 Å². The summed E-state index contributed by atoms with van der Waals surface area (Å²) in [6.45, 7) is 0.430. The number of hydrogen-bond donors (Lipinski definition) is 1. The largest absolute Gasteiger partial charge is 0.469 e. The van der Waals surface area contributed by atoms with Crippen molar-refractivity contribution < 1.29 is 13.9 Å². The van der Waals surface area contributed by atoms with Gasteiger partial charge in [0.25, 0.3) is 0 Å². The minimum Gasteiger partial charge on any atom is -0.469 e. The first-order chi connectivity index (χ1) is 5.84. The molecule has 4 heteroatoms. The first-order valence-corrected chi connectivity index (χ1v) is 3.80. The normalized spacial score (nSPS) is 22.0. The van der Waals surface area contributed by atoms with Crippen molar-refractivity contribution in [1.29, 1.82) is 0 Å². The molecule has 64 valence electrons. The molecule has 1 saturated heterocycles. The molecule has 1 amide bonds. The lowest BCUT2D eigenvalue weighted by molar-refractivity contribution is 0.176. The molecule has 1 aromatic rings. The molecule has 1 fully saturated rings. The van der Waals surface area contributed by atoms with Crippen molar-refractivity contribution in [3.8, 4) is 0 Å². The third-order valence-electron chi connectivity index (χ3n) is 1.77. The Morgan fingerprint density at radius 1 is 1.67 bits per heavy atom. The van der Waals surface area contributed by atoms with Gasteiger partial charge in [-0.25, -0.2) is 4.79 Å². The SMILES string of the molecule is O=C1NC(Cc2ccco2)CO1. The zero-order valence-corrected chi connectivity index (χ0v) is 6.45. The lowest BCUT2D eigenvalue weighted by Gasteiger charge is -2.02. The van der Waals surface area contributed by atoms with Crippen LogP contribution in [-0.4, -0.2) is 18.7 Å². The Kier molecular flexibility index (Phi) is 1.74. The van der Waals surface area contributed by atoms with Crippen molar-refractivity contribution in [1.82, 2.24) is 5.32 Å². The quantitative estimate of drug-likeness (QED) is 0.712. The smallest absolute Gasteiger partial charge is 0.407 e. The van der Waals surface area contributed by atoms with Crippen LogP contribution in [-0.2, 0) is 11.2 Å². The highest BCUT2D eigenvalue weighted by Crippen LogP contribution is 2.07. The number of hydrogen-bond acceptors (Lipinski definition) is 3. The molecule has 0 aliphatic carbocycles. The van der Waals surface area contributed by atoms with Crippen LogP contribution in [0, 0.1) is 0 Å². The summed E-state index contributed by atoms with van der Waals surface area (Å²) in [5.41, 5.74) is 0. The highest BCUT2D eigenvalue weighted by Gasteiger charge is 2.22. The van der Waals surface area contributed by atoms with Gasteiger partial charge in [0.05, 0.1) is 12.3 Å². The summed E-state index contributed by atoms with van der Waals surface area (Å²) < 4.78 is 9.85. The molecule has 0 bridgehead atoms. The molecule has 12 heavy (non-hydrogen) atoms. The Balaban J connectivity index is 1.92. The van der Waals surface area contributed by atoms with Crippen molar-refractivity contribution in [2.75, 3.05) is 6.61 Å². The minimum absolute atomic E-state index is 0.0589. The molecule has 0 radical (unpaired) electrons. The molecule has 1 N–H and O–H groups in total. The van der Waals surface area contributed by atoms with E-state index in [2.05, 4.69) is 5.32 Å². The van der Waals surface area contributed by atoms with E-state index < -0.39 is 0 Å². The Labute approximate surface area is 69.5 Å². The summed E-state index contributed by atoms with van der Waals surface area (Å²) in [7, 11) is 0. The fourth-order valence-electron chi connectivity index (χ4n) is 1.21. The van der Waals surface area contributed by atoms with Gasteiger partial charge in [0.15, 0.2) is 0 Å². The number of carbonyl (C=O) groups is 1. The third kappa shape index (κ3) is 1.42. The molecule has 0 saturated carbocycles. The molecule has 0 aromatic carbocycles. The summed E-state index contributed by atoms with van der Waals surface area (Å²) in [6, 6.07) is 3.76. The van der Waals surface area contributed by atoms with Gasteiger partial charge in [-0.3, -0.25) is 0 Å². The molecule has 1 aliphatic heterocycles. The Morgan fingerprint density at radius 3 is 3.17 bits per heavy atom. The van der Waals surface area contributed by atoms with Gasteiger partial charge in [0, 0.05) is 6.42 Å². The maximum atomic E-state index is 10.6. The molecular formula is C8H9NO3. The van der Waals surface area contributed by atoms with Gasteiger partial charge in [0.2, 0.25) is 0 Å². The van der Waals surface area contributed by atoms with Crippen molar-refractivity contribution in [3.63, 3.8) is 0 Å². The molecule has 1 aliphatic rings. The van der Waals surface area contributed by atoms with Crippen molar-refractivity contribution in [2.45, 2.75) is 12.5 Å². The average molecular weight is 167 g/mol. The van der Waals surface area contributed by atoms with Crippen LogP contribution in [0.3, 0.4) is 0 Å². The number of alkyl carbamates (subject to hydrolysis) is 1. The number of amides is 1. The highest BCUT2D eigenvalue weighted by molar-refractivity contribution is 5.69. The van der Waals surface area contributed by atoms with Crippen molar-refractivity contribution in [3.05, 3.63) is 24.2 Å². The summed E-state index contributed by atoms with van der Waals surface area (Å²) in [4.78, 5) is 10.6. The van der Waals surface area contributed by atoms with Crippen LogP contribution in [0.4, 0.5) is 4.79 Å². The average Bonchev–Trinajstić information content (AvgIpc) is 2.63. The van der Waals surface area contributed by atoms with Gasteiger partial charge in [-0.05, 0) is 12.1 Å². The molecule has 1 aromatic heterocycles. The van der Waals surface area contributed by atoms with Crippen molar-refractivity contribution in [2.24, 2.45) is 0 Å². The van der Waals surface area contributed by atoms with Gasteiger partial charge in [-0.2, -0.15) is 0 Å². The third-order valence-corrected chi connectivity index (χ3v) is 1.77. The number of nitrogens with one attached hydrogen (secondary N) is 1. The van der Waals surface area contributed by atoms with E-state index in [1.165, 1.54) is 0 Å².